The molecule has 2 unspecified atom stereocenters. The highest BCUT2D eigenvalue weighted by Crippen LogP contribution is 2.44. The molecule has 79 heavy (non-hydrogen) atoms. The number of hydrogen-bond acceptors (Lipinski definition) is 15. The van der Waals surface area contributed by atoms with E-state index in [1.807, 2.05) is 76.0 Å². The largest absolute Gasteiger partial charge is 0.462 e. The zero-order valence-electron chi connectivity index (χ0n) is 45.7. The number of benzene rings is 3. The Kier molecular flexibility index (Phi) is 16.5. The van der Waals surface area contributed by atoms with E-state index in [0.717, 1.165) is 60.5 Å². The van der Waals surface area contributed by atoms with Gasteiger partial charge in [-0.3, -0.25) is 19.3 Å². The molecule has 4 aliphatic rings. The topological polar surface area (TPSA) is 229 Å². The number of anilines is 2. The van der Waals surface area contributed by atoms with E-state index in [1.165, 1.54) is 4.90 Å². The van der Waals surface area contributed by atoms with Crippen molar-refractivity contribution < 1.29 is 33.4 Å². The molecular weight excluding hydrogens is 1050 g/mol. The third-order valence-electron chi connectivity index (χ3n) is 16.1. The fraction of sp³-hybridized carbons (Fsp3) is 0.500. The predicted octanol–water partition coefficient (Wildman–Crippen LogP) is 7.42. The quantitative estimate of drug-likeness (QED) is 0.0417. The number of carbonyl (C=O) groups is 3. The first-order valence-corrected chi connectivity index (χ1v) is 28.6. The van der Waals surface area contributed by atoms with E-state index >= 15 is 4.39 Å². The van der Waals surface area contributed by atoms with Gasteiger partial charge in [0.2, 0.25) is 17.7 Å². The van der Waals surface area contributed by atoms with E-state index in [2.05, 4.69) is 36.8 Å². The number of hydrogen-bond donors (Lipinski definition) is 5. The number of nitrogens with zero attached hydrogens (tertiary/aromatic N) is 8. The molecule has 4 fully saturated rings. The van der Waals surface area contributed by atoms with Gasteiger partial charge in [0.25, 0.3) is 0 Å². The molecule has 6 aromatic rings. The molecule has 4 aliphatic heterocycles. The van der Waals surface area contributed by atoms with Crippen LogP contribution in [-0.2, 0) is 26.2 Å². The number of likely N-dealkylation sites (tertiary alicyclic amines) is 2. The SMILES string of the molecule is Cc1ncsc1-c1ccc([C@H](C)NC(=O)[C@@H]2C[C@@H](O)CN2C(=O)[C@@H](NC(=O)CCOCCCN2CCC[C@H]2COc2nc(N3CC4CCC(C3)N4)c3cc(Cl)c(-c4cn(C)c5ccc(N)c(C#N)c45)c(F)c3n2)C(C)(C)C)cc1. The third-order valence-corrected chi connectivity index (χ3v) is 17.4. The number of β-amino-alcohol motifs (C(OH)–C–C–N with tert-alkyl or cyclic N) is 1. The number of aromatic nitrogens is 4. The second kappa shape index (κ2) is 23.3. The van der Waals surface area contributed by atoms with Crippen molar-refractivity contribution in [3.05, 3.63) is 81.8 Å². The van der Waals surface area contributed by atoms with Crippen LogP contribution in [0.1, 0.15) is 95.5 Å². The minimum absolute atomic E-state index is 0.0217. The summed E-state index contributed by atoms with van der Waals surface area (Å²) in [6.07, 6.45) is 5.62. The minimum Gasteiger partial charge on any atom is -0.462 e. The van der Waals surface area contributed by atoms with Crippen LogP contribution in [-0.4, -0.2) is 141 Å². The van der Waals surface area contributed by atoms with Gasteiger partial charge in [-0.05, 0) is 87.2 Å². The van der Waals surface area contributed by atoms with Crippen LogP contribution < -0.4 is 31.3 Å². The molecule has 3 aromatic heterocycles. The van der Waals surface area contributed by atoms with Gasteiger partial charge < -0.3 is 50.6 Å². The maximum atomic E-state index is 17.4. The number of thiazole rings is 1. The summed E-state index contributed by atoms with van der Waals surface area (Å²) in [7, 11) is 1.83. The molecule has 3 aromatic carbocycles. The zero-order chi connectivity index (χ0) is 55.9. The Balaban J connectivity index is 0.736. The predicted molar refractivity (Wildman–Crippen MR) is 304 cm³/mol. The summed E-state index contributed by atoms with van der Waals surface area (Å²) in [6, 6.07) is 13.8. The maximum Gasteiger partial charge on any atom is 0.319 e. The molecule has 10 rings (SSSR count). The van der Waals surface area contributed by atoms with Crippen molar-refractivity contribution in [2.45, 2.75) is 122 Å². The lowest BCUT2D eigenvalue weighted by Gasteiger charge is -2.35. The van der Waals surface area contributed by atoms with Crippen LogP contribution in [0, 0.1) is 29.5 Å². The van der Waals surface area contributed by atoms with Crippen molar-refractivity contribution in [1.82, 2.24) is 45.3 Å². The molecule has 0 saturated carbocycles. The number of carbonyl (C=O) groups excluding carboxylic acids is 3. The standard InChI is InChI=1S/C58H70ClFN12O6S/c1-32(34-10-12-35(13-11-34)52-33(2)63-31-79-52)64-55(75)46-23-39(73)28-72(46)56(76)53(58(3,4)5)66-47(74)18-22-77-21-8-20-70-19-7-9-38(70)30-78-57-67-51-40(54(68-57)71-26-36-14-15-37(27-71)65-36)24-43(59)49(50(51)60)42-29-69(6)45-17-16-44(62)41(25-61)48(42)45/h10-13,16-17,24,29,31-32,36-39,46,53,65,73H,7-9,14-15,18-23,26-28,30,62H2,1-6H3,(H,64,75)(H,66,74)/t32-,36?,37?,38-,39+,46-,53+/m0/s1. The lowest BCUT2D eigenvalue weighted by Crippen LogP contribution is -2.58. The Bertz CT molecular complexity index is 3290. The number of aliphatic hydroxyl groups is 1. The van der Waals surface area contributed by atoms with Gasteiger partial charge >= 0.3 is 6.01 Å². The lowest BCUT2D eigenvalue weighted by molar-refractivity contribution is -0.144. The van der Waals surface area contributed by atoms with Crippen LogP contribution in [0.5, 0.6) is 6.01 Å². The summed E-state index contributed by atoms with van der Waals surface area (Å²) < 4.78 is 31.6. The van der Waals surface area contributed by atoms with Crippen LogP contribution in [0.2, 0.25) is 5.02 Å². The van der Waals surface area contributed by atoms with Crippen LogP contribution in [0.4, 0.5) is 15.9 Å². The number of nitrogens with two attached hydrogens (primary N) is 1. The number of ether oxygens (including phenoxy) is 2. The van der Waals surface area contributed by atoms with E-state index < -0.39 is 35.3 Å². The first-order valence-electron chi connectivity index (χ1n) is 27.4. The summed E-state index contributed by atoms with van der Waals surface area (Å²) in [5.74, 6) is -1.23. The van der Waals surface area contributed by atoms with Crippen molar-refractivity contribution >= 4 is 74.0 Å². The van der Waals surface area contributed by atoms with E-state index in [4.69, 9.17) is 36.8 Å². The molecule has 0 spiro atoms. The first kappa shape index (κ1) is 55.8. The van der Waals surface area contributed by atoms with Gasteiger partial charge in [0.15, 0.2) is 5.82 Å². The molecule has 7 heterocycles. The maximum absolute atomic E-state index is 17.4. The highest BCUT2D eigenvalue weighted by molar-refractivity contribution is 7.13. The van der Waals surface area contributed by atoms with Crippen LogP contribution in [0.15, 0.2) is 54.2 Å². The van der Waals surface area contributed by atoms with E-state index in [9.17, 15) is 24.8 Å². The Morgan fingerprint density at radius 1 is 1.06 bits per heavy atom. The van der Waals surface area contributed by atoms with E-state index in [0.29, 0.717) is 53.8 Å². The molecule has 18 nitrogen and oxygen atoms in total. The monoisotopic (exact) mass is 1120 g/mol. The molecule has 418 valence electrons. The highest BCUT2D eigenvalue weighted by atomic mass is 35.5. The Labute approximate surface area is 468 Å². The number of aryl methyl sites for hydroxylation is 2. The van der Waals surface area contributed by atoms with Crippen molar-refractivity contribution in [3.8, 4) is 33.6 Å². The average molecular weight is 1120 g/mol. The van der Waals surface area contributed by atoms with Crippen LogP contribution >= 0.6 is 22.9 Å². The van der Waals surface area contributed by atoms with Crippen molar-refractivity contribution in [2.75, 3.05) is 63.2 Å². The fourth-order valence-electron chi connectivity index (χ4n) is 11.9. The van der Waals surface area contributed by atoms with Gasteiger partial charge in [0, 0.05) is 104 Å². The highest BCUT2D eigenvalue weighted by Gasteiger charge is 2.45. The summed E-state index contributed by atoms with van der Waals surface area (Å²) in [6.45, 7) is 13.2. The molecule has 3 amide bonds. The summed E-state index contributed by atoms with van der Waals surface area (Å²) in [5, 5.41) is 31.7. The average Bonchev–Trinajstić information content (AvgIpc) is 4.46. The van der Waals surface area contributed by atoms with Gasteiger partial charge in [-0.1, -0.05) is 56.6 Å². The third kappa shape index (κ3) is 11.8. The minimum atomic E-state index is -0.956. The number of halogens is 2. The molecular formula is C58H70ClFN12O6S. The molecule has 7 atom stereocenters. The van der Waals surface area contributed by atoms with Gasteiger partial charge in [-0.15, -0.1) is 11.3 Å². The fourth-order valence-corrected chi connectivity index (χ4v) is 13.0. The van der Waals surface area contributed by atoms with Crippen molar-refractivity contribution in [3.63, 3.8) is 0 Å². The molecule has 4 saturated heterocycles. The van der Waals surface area contributed by atoms with Crippen molar-refractivity contribution in [1.29, 1.82) is 5.26 Å². The van der Waals surface area contributed by atoms with Gasteiger partial charge in [-0.2, -0.15) is 15.2 Å². The first-order chi connectivity index (χ1) is 37.9. The van der Waals surface area contributed by atoms with Gasteiger partial charge in [0.05, 0.1) is 51.1 Å². The molecule has 21 heteroatoms. The van der Waals surface area contributed by atoms with Crippen molar-refractivity contribution in [2.24, 2.45) is 12.5 Å². The van der Waals surface area contributed by atoms with Crippen LogP contribution in [0.25, 0.3) is 43.4 Å². The van der Waals surface area contributed by atoms with E-state index in [1.54, 1.807) is 35.7 Å². The second-order valence-corrected chi connectivity index (χ2v) is 24.0. The number of amides is 3. The number of piperazine rings is 1. The Morgan fingerprint density at radius 2 is 1.82 bits per heavy atom. The normalized spacial score (nSPS) is 21.2. The number of nitriles is 1. The van der Waals surface area contributed by atoms with E-state index in [-0.39, 0.29) is 102 Å². The molecule has 6 N–H and O–H groups in total. The van der Waals surface area contributed by atoms with Gasteiger partial charge in [0.1, 0.15) is 36.1 Å². The second-order valence-electron chi connectivity index (χ2n) is 22.7. The Hall–Kier alpha value is -6.47. The van der Waals surface area contributed by atoms with Crippen LogP contribution in [0.3, 0.4) is 0 Å². The van der Waals surface area contributed by atoms with Gasteiger partial charge in [-0.25, -0.2) is 9.37 Å². The summed E-state index contributed by atoms with van der Waals surface area (Å²) in [4.78, 5) is 62.5. The number of nitrogen functional groups attached to an aromatic ring is 1. The number of aliphatic hydroxyl groups excluding tert-OH is 1. The summed E-state index contributed by atoms with van der Waals surface area (Å²) in [5.41, 5.74) is 12.1. The molecule has 2 bridgehead atoms. The number of nitrogens with one attached hydrogen (secondary N) is 3. The summed E-state index contributed by atoms with van der Waals surface area (Å²) >= 11 is 8.60. The zero-order valence-corrected chi connectivity index (χ0v) is 47.2. The number of rotatable bonds is 18. The number of fused-ring (bicyclic) bond motifs is 4. The smallest absolute Gasteiger partial charge is 0.319 e. The lowest BCUT2D eigenvalue weighted by atomic mass is 9.85. The Morgan fingerprint density at radius 3 is 2.53 bits per heavy atom. The molecule has 0 aliphatic carbocycles. The molecule has 0 radical (unpaired) electrons.